The lowest BCUT2D eigenvalue weighted by atomic mass is 9.96. The summed E-state index contributed by atoms with van der Waals surface area (Å²) in [6.45, 7) is 1.03. The molecule has 0 atom stereocenters. The van der Waals surface area contributed by atoms with Gasteiger partial charge in [0.2, 0.25) is 5.91 Å². The van der Waals surface area contributed by atoms with E-state index in [9.17, 15) is 9.59 Å². The number of nitrogens with zero attached hydrogens (tertiary/aromatic N) is 4. The van der Waals surface area contributed by atoms with Gasteiger partial charge < -0.3 is 19.2 Å². The van der Waals surface area contributed by atoms with Crippen LogP contribution >= 0.6 is 11.3 Å². The number of piperidine rings is 1. The van der Waals surface area contributed by atoms with Crippen LogP contribution in [-0.4, -0.2) is 44.3 Å². The van der Waals surface area contributed by atoms with Crippen molar-refractivity contribution in [1.82, 2.24) is 19.4 Å². The highest BCUT2D eigenvalue weighted by Gasteiger charge is 2.29. The number of aromatic nitrogens is 3. The Labute approximate surface area is 194 Å². The predicted molar refractivity (Wildman–Crippen MR) is 126 cm³/mol. The molecule has 0 aliphatic carbocycles. The van der Waals surface area contributed by atoms with E-state index in [1.165, 1.54) is 17.6 Å². The van der Waals surface area contributed by atoms with Crippen molar-refractivity contribution >= 4 is 28.3 Å². The summed E-state index contributed by atoms with van der Waals surface area (Å²) in [6.07, 6.45) is 6.33. The van der Waals surface area contributed by atoms with Gasteiger partial charge in [-0.3, -0.25) is 9.59 Å². The predicted octanol–water partition coefficient (Wildman–Crippen LogP) is 4.29. The number of imidazole rings is 1. The first-order chi connectivity index (χ1) is 16.1. The van der Waals surface area contributed by atoms with Gasteiger partial charge in [-0.05, 0) is 25.0 Å². The minimum absolute atomic E-state index is 0.0696. The molecule has 0 spiro atoms. The van der Waals surface area contributed by atoms with Gasteiger partial charge in [-0.25, -0.2) is 9.97 Å². The fourth-order valence-electron chi connectivity index (χ4n) is 4.01. The minimum atomic E-state index is -0.175. The first-order valence-electron chi connectivity index (χ1n) is 10.8. The van der Waals surface area contributed by atoms with Gasteiger partial charge in [-0.1, -0.05) is 41.7 Å². The van der Waals surface area contributed by atoms with Gasteiger partial charge in [-0.2, -0.15) is 0 Å². The molecule has 1 saturated heterocycles. The number of aryl methyl sites for hydroxylation is 1. The monoisotopic (exact) mass is 461 g/mol. The van der Waals surface area contributed by atoms with Gasteiger partial charge in [-0.15, -0.1) is 0 Å². The summed E-state index contributed by atoms with van der Waals surface area (Å²) >= 11 is 1.42. The topological polar surface area (TPSA) is 93.3 Å². The Balaban J connectivity index is 1.30. The van der Waals surface area contributed by atoms with Gasteiger partial charge in [0.05, 0.1) is 16.8 Å². The number of rotatable bonds is 5. The van der Waals surface area contributed by atoms with E-state index in [1.807, 2.05) is 48.1 Å². The molecule has 0 radical (unpaired) electrons. The Morgan fingerprint density at radius 3 is 2.58 bits per heavy atom. The molecule has 0 unspecified atom stereocenters. The number of hydrogen-bond acceptors (Lipinski definition) is 6. The third kappa shape index (κ3) is 4.31. The molecule has 1 aliphatic rings. The molecule has 3 aromatic heterocycles. The van der Waals surface area contributed by atoms with Crippen molar-refractivity contribution in [3.63, 3.8) is 0 Å². The number of benzene rings is 1. The molecule has 1 N–H and O–H groups in total. The Morgan fingerprint density at radius 2 is 1.91 bits per heavy atom. The molecule has 5 rings (SSSR count). The van der Waals surface area contributed by atoms with E-state index >= 15 is 0 Å². The number of nitrogens with one attached hydrogen (secondary N) is 1. The van der Waals surface area contributed by atoms with E-state index in [0.29, 0.717) is 36.8 Å². The highest BCUT2D eigenvalue weighted by molar-refractivity contribution is 7.19. The number of amides is 2. The largest absolute Gasteiger partial charge is 0.459 e. The molecule has 1 aromatic carbocycles. The average molecular weight is 462 g/mol. The molecule has 1 fully saturated rings. The maximum absolute atomic E-state index is 13.0. The van der Waals surface area contributed by atoms with Gasteiger partial charge in [0.25, 0.3) is 5.91 Å². The van der Waals surface area contributed by atoms with E-state index in [4.69, 9.17) is 9.40 Å². The smallest absolute Gasteiger partial charge is 0.289 e. The number of carbonyl (C=O) groups is 2. The molecule has 4 aromatic rings. The Bertz CT molecular complexity index is 1250. The Morgan fingerprint density at radius 1 is 1.12 bits per heavy atom. The van der Waals surface area contributed by atoms with Gasteiger partial charge in [0.15, 0.2) is 16.7 Å². The number of hydrogen-bond donors (Lipinski definition) is 1. The van der Waals surface area contributed by atoms with Crippen LogP contribution in [0.2, 0.25) is 0 Å². The fourth-order valence-corrected chi connectivity index (χ4v) is 5.04. The maximum Gasteiger partial charge on any atom is 0.289 e. The molecule has 0 saturated carbocycles. The van der Waals surface area contributed by atoms with Gasteiger partial charge >= 0.3 is 0 Å². The zero-order chi connectivity index (χ0) is 22.8. The molecule has 2 amide bonds. The van der Waals surface area contributed by atoms with E-state index in [2.05, 4.69) is 10.3 Å². The molecule has 8 nitrogen and oxygen atoms in total. The molecule has 33 heavy (non-hydrogen) atoms. The lowest BCUT2D eigenvalue weighted by Crippen LogP contribution is -2.41. The molecular weight excluding hydrogens is 438 g/mol. The number of carbonyl (C=O) groups excluding carboxylic acids is 2. The van der Waals surface area contributed by atoms with Crippen molar-refractivity contribution in [2.45, 2.75) is 12.8 Å². The first-order valence-corrected chi connectivity index (χ1v) is 11.6. The van der Waals surface area contributed by atoms with Crippen LogP contribution < -0.4 is 5.32 Å². The molecule has 4 heterocycles. The van der Waals surface area contributed by atoms with E-state index in [1.54, 1.807) is 23.2 Å². The van der Waals surface area contributed by atoms with E-state index in [0.717, 1.165) is 22.0 Å². The Hall–Kier alpha value is -3.72. The maximum atomic E-state index is 13.0. The summed E-state index contributed by atoms with van der Waals surface area (Å²) in [5.41, 5.74) is 1.76. The van der Waals surface area contributed by atoms with E-state index in [-0.39, 0.29) is 17.7 Å². The zero-order valence-electron chi connectivity index (χ0n) is 18.1. The van der Waals surface area contributed by atoms with Crippen molar-refractivity contribution in [1.29, 1.82) is 0 Å². The molecular formula is C24H23N5O3S. The van der Waals surface area contributed by atoms with Crippen molar-refractivity contribution in [2.75, 3.05) is 18.4 Å². The van der Waals surface area contributed by atoms with Crippen molar-refractivity contribution in [3.05, 3.63) is 66.9 Å². The summed E-state index contributed by atoms with van der Waals surface area (Å²) < 4.78 is 7.15. The van der Waals surface area contributed by atoms with Crippen molar-refractivity contribution in [2.24, 2.45) is 13.0 Å². The number of anilines is 1. The third-order valence-corrected chi connectivity index (χ3v) is 6.78. The second-order valence-corrected chi connectivity index (χ2v) is 8.96. The lowest BCUT2D eigenvalue weighted by Gasteiger charge is -2.30. The average Bonchev–Trinajstić information content (AvgIpc) is 3.60. The van der Waals surface area contributed by atoms with Crippen LogP contribution in [0, 0.1) is 5.92 Å². The van der Waals surface area contributed by atoms with Crippen LogP contribution in [0.4, 0.5) is 5.13 Å². The summed E-state index contributed by atoms with van der Waals surface area (Å²) in [5, 5.41) is 3.55. The molecule has 1 aliphatic heterocycles. The molecule has 168 valence electrons. The second kappa shape index (κ2) is 9.03. The Kier molecular flexibility index (Phi) is 5.78. The lowest BCUT2D eigenvalue weighted by molar-refractivity contribution is -0.121. The highest BCUT2D eigenvalue weighted by Crippen LogP contribution is 2.38. The standard InChI is InChI=1S/C24H23N5O3S/c1-28-14-11-25-21(28)20-19(16-6-3-2-4-7-16)26-24(33-20)27-22(30)17-9-12-29(13-10-17)23(31)18-8-5-15-32-18/h2-8,11,14-15,17H,9-10,12-13H2,1H3,(H,26,27,30). The van der Waals surface area contributed by atoms with Crippen molar-refractivity contribution in [3.8, 4) is 22.0 Å². The first kappa shape index (κ1) is 21.1. The number of thiazole rings is 1. The van der Waals surface area contributed by atoms with Crippen LogP contribution in [0.25, 0.3) is 22.0 Å². The van der Waals surface area contributed by atoms with E-state index < -0.39 is 0 Å². The third-order valence-electron chi connectivity index (χ3n) is 5.81. The van der Waals surface area contributed by atoms with Gasteiger partial charge in [0.1, 0.15) is 0 Å². The van der Waals surface area contributed by atoms with Crippen LogP contribution in [-0.2, 0) is 11.8 Å². The fraction of sp³-hybridized carbons (Fsp3) is 0.250. The quantitative estimate of drug-likeness (QED) is 0.478. The number of likely N-dealkylation sites (tertiary alicyclic amines) is 1. The second-order valence-electron chi connectivity index (χ2n) is 7.96. The summed E-state index contributed by atoms with van der Waals surface area (Å²) in [5.74, 6) is 0.754. The summed E-state index contributed by atoms with van der Waals surface area (Å²) in [6, 6.07) is 13.2. The van der Waals surface area contributed by atoms with Crippen LogP contribution in [0.3, 0.4) is 0 Å². The van der Waals surface area contributed by atoms with Crippen LogP contribution in [0.5, 0.6) is 0 Å². The summed E-state index contributed by atoms with van der Waals surface area (Å²) in [4.78, 5) is 37.3. The van der Waals surface area contributed by atoms with Crippen molar-refractivity contribution < 1.29 is 14.0 Å². The molecule has 9 heteroatoms. The SMILES string of the molecule is Cn1ccnc1-c1sc(NC(=O)C2CCN(C(=O)c3ccco3)CC2)nc1-c1ccccc1. The molecule has 0 bridgehead atoms. The van der Waals surface area contributed by atoms with Crippen LogP contribution in [0.15, 0.2) is 65.5 Å². The normalized spacial score (nSPS) is 14.4. The number of furan rings is 1. The van der Waals surface area contributed by atoms with Gasteiger partial charge in [0, 0.05) is 44.0 Å². The minimum Gasteiger partial charge on any atom is -0.459 e. The van der Waals surface area contributed by atoms with Crippen LogP contribution in [0.1, 0.15) is 23.4 Å². The zero-order valence-corrected chi connectivity index (χ0v) is 18.9. The summed E-state index contributed by atoms with van der Waals surface area (Å²) in [7, 11) is 1.94. The highest BCUT2D eigenvalue weighted by atomic mass is 32.1.